The van der Waals surface area contributed by atoms with E-state index in [1.54, 1.807) is 57.2 Å². The average Bonchev–Trinajstić information content (AvgIpc) is 3.06. The van der Waals surface area contributed by atoms with Gasteiger partial charge < -0.3 is 45.3 Å². The van der Waals surface area contributed by atoms with E-state index in [9.17, 15) is 29.7 Å². The summed E-state index contributed by atoms with van der Waals surface area (Å²) in [7, 11) is 2.86. The number of phenolic OH excluding ortho intramolecular Hbond substituents is 2. The Morgan fingerprint density at radius 2 is 1.78 bits per heavy atom. The fraction of sp³-hybridized carbons (Fsp3) is 0.361. The topological polar surface area (TPSA) is 199 Å². The summed E-state index contributed by atoms with van der Waals surface area (Å²) in [6.45, 7) is 6.67. The van der Waals surface area contributed by atoms with Gasteiger partial charge in [0.15, 0.2) is 6.10 Å². The van der Waals surface area contributed by atoms with Crippen molar-refractivity contribution >= 4 is 35.5 Å². The van der Waals surface area contributed by atoms with Crippen molar-refractivity contribution < 1.29 is 48.7 Å². The number of benzene rings is 2. The second-order valence-electron chi connectivity index (χ2n) is 11.7. The predicted molar refractivity (Wildman–Crippen MR) is 185 cm³/mol. The van der Waals surface area contributed by atoms with Gasteiger partial charge in [-0.05, 0) is 44.4 Å². The number of nitrogens with two attached hydrogens (primary N) is 1. The zero-order chi connectivity index (χ0) is 36.2. The van der Waals surface area contributed by atoms with E-state index in [0.29, 0.717) is 11.1 Å². The van der Waals surface area contributed by atoms with Crippen molar-refractivity contribution in [2.75, 3.05) is 24.9 Å². The van der Waals surface area contributed by atoms with Gasteiger partial charge in [0.1, 0.15) is 24.2 Å². The zero-order valence-corrected chi connectivity index (χ0v) is 28.4. The minimum atomic E-state index is -1.06. The maximum atomic E-state index is 13.2. The second-order valence-corrected chi connectivity index (χ2v) is 11.7. The number of carbonyl (C=O) groups is 3. The summed E-state index contributed by atoms with van der Waals surface area (Å²) in [6, 6.07) is 10.1. The molecule has 3 amide bonds. The number of phenols is 2. The molecule has 5 atom stereocenters. The zero-order valence-electron chi connectivity index (χ0n) is 28.4. The number of amides is 3. The number of hydrogen-bond donors (Lipinski definition) is 6. The third kappa shape index (κ3) is 10.7. The number of carbonyl (C=O) groups excluding carboxylic acids is 3. The Balaban J connectivity index is 2.11. The minimum Gasteiger partial charge on any atom is -0.506 e. The summed E-state index contributed by atoms with van der Waals surface area (Å²) in [6.07, 6.45) is 2.46. The van der Waals surface area contributed by atoms with Gasteiger partial charge in [0.05, 0.1) is 23.6 Å². The number of methoxy groups -OCH3 is 2. The maximum absolute atomic E-state index is 13.2. The molecule has 0 saturated carbocycles. The average molecular weight is 680 g/mol. The number of hydrogen-bond acceptors (Lipinski definition) is 10. The van der Waals surface area contributed by atoms with Crippen LogP contribution in [0.15, 0.2) is 77.4 Å². The monoisotopic (exact) mass is 679 g/mol. The number of fused-ring (bicyclic) bond motifs is 2. The number of primary amides is 1. The van der Waals surface area contributed by atoms with Gasteiger partial charge >= 0.3 is 12.2 Å². The SMILES string of the molecule is CO[C@H]1C=CC=C(C)C(=O)Nc2cc(O)c(NC(=O)OCc3ccccc3)c(c2O)C=C(C)C[C@H](OC)[C@H](O)[C@@H](C)C=C(C)[C@@H]1OC(N)=O. The predicted octanol–water partition coefficient (Wildman–Crippen LogP) is 5.53. The van der Waals surface area contributed by atoms with E-state index < -0.39 is 59.9 Å². The van der Waals surface area contributed by atoms with Crippen LogP contribution < -0.4 is 16.4 Å². The molecule has 1 aliphatic heterocycles. The van der Waals surface area contributed by atoms with Crippen molar-refractivity contribution in [3.63, 3.8) is 0 Å². The smallest absolute Gasteiger partial charge is 0.412 e. The molecule has 1 aliphatic rings. The van der Waals surface area contributed by atoms with Gasteiger partial charge in [-0.3, -0.25) is 10.1 Å². The van der Waals surface area contributed by atoms with E-state index in [2.05, 4.69) is 10.6 Å². The summed E-state index contributed by atoms with van der Waals surface area (Å²) >= 11 is 0. The Labute approximate surface area is 285 Å². The lowest BCUT2D eigenvalue weighted by atomic mass is 9.91. The third-order valence-corrected chi connectivity index (χ3v) is 7.93. The number of aromatic hydroxyl groups is 2. The molecule has 1 heterocycles. The van der Waals surface area contributed by atoms with E-state index in [0.717, 1.165) is 11.6 Å². The second kappa shape index (κ2) is 17.9. The molecule has 0 radical (unpaired) electrons. The molecular weight excluding hydrogens is 634 g/mol. The van der Waals surface area contributed by atoms with Gasteiger partial charge in [0.2, 0.25) is 0 Å². The largest absolute Gasteiger partial charge is 0.506 e. The lowest BCUT2D eigenvalue weighted by Crippen LogP contribution is -2.36. The number of allylic oxidation sites excluding steroid dienone is 2. The summed E-state index contributed by atoms with van der Waals surface area (Å²) in [4.78, 5) is 37.8. The highest BCUT2D eigenvalue weighted by atomic mass is 16.6. The third-order valence-electron chi connectivity index (χ3n) is 7.93. The van der Waals surface area contributed by atoms with Crippen LogP contribution in [0.25, 0.3) is 6.08 Å². The summed E-state index contributed by atoms with van der Waals surface area (Å²) in [5.41, 5.74) is 7.11. The highest BCUT2D eigenvalue weighted by Gasteiger charge is 2.29. The molecule has 2 aromatic rings. The lowest BCUT2D eigenvalue weighted by molar-refractivity contribution is -0.112. The van der Waals surface area contributed by atoms with Crippen LogP contribution >= 0.6 is 0 Å². The molecule has 13 nitrogen and oxygen atoms in total. The Bertz CT molecular complexity index is 1620. The van der Waals surface area contributed by atoms with E-state index in [4.69, 9.17) is 24.7 Å². The molecule has 2 aromatic carbocycles. The molecule has 0 aliphatic carbocycles. The number of rotatable bonds is 6. The first-order valence-corrected chi connectivity index (χ1v) is 15.5. The molecule has 13 heteroatoms. The number of ether oxygens (including phenoxy) is 4. The maximum Gasteiger partial charge on any atom is 0.412 e. The van der Waals surface area contributed by atoms with Crippen molar-refractivity contribution in [2.45, 2.75) is 65.1 Å². The normalized spacial score (nSPS) is 22.2. The summed E-state index contributed by atoms with van der Waals surface area (Å²) < 4.78 is 21.9. The number of anilines is 2. The first-order valence-electron chi connectivity index (χ1n) is 15.5. The van der Waals surface area contributed by atoms with Crippen molar-refractivity contribution in [2.24, 2.45) is 11.7 Å². The molecule has 0 saturated heterocycles. The van der Waals surface area contributed by atoms with Crippen molar-refractivity contribution in [1.82, 2.24) is 0 Å². The van der Waals surface area contributed by atoms with E-state index in [1.165, 1.54) is 39.4 Å². The van der Waals surface area contributed by atoms with Gasteiger partial charge in [-0.25, -0.2) is 9.59 Å². The van der Waals surface area contributed by atoms with E-state index in [1.807, 2.05) is 6.07 Å². The Morgan fingerprint density at radius 3 is 2.41 bits per heavy atom. The van der Waals surface area contributed by atoms with Crippen LogP contribution in [0.4, 0.5) is 21.0 Å². The first-order chi connectivity index (χ1) is 23.2. The molecule has 7 N–H and O–H groups in total. The van der Waals surface area contributed by atoms with Gasteiger partial charge in [-0.2, -0.15) is 0 Å². The van der Waals surface area contributed by atoms with Crippen LogP contribution in [0.1, 0.15) is 45.2 Å². The van der Waals surface area contributed by atoms with Crippen LogP contribution in [-0.4, -0.2) is 72.0 Å². The Kier molecular flexibility index (Phi) is 14.0. The molecule has 264 valence electrons. The van der Waals surface area contributed by atoms with E-state index in [-0.39, 0.29) is 35.5 Å². The van der Waals surface area contributed by atoms with Crippen LogP contribution in [0.2, 0.25) is 0 Å². The van der Waals surface area contributed by atoms with Gasteiger partial charge in [0.25, 0.3) is 5.91 Å². The fourth-order valence-corrected chi connectivity index (χ4v) is 5.27. The molecule has 0 unspecified atom stereocenters. The van der Waals surface area contributed by atoms with Crippen LogP contribution in [0.5, 0.6) is 11.5 Å². The summed E-state index contributed by atoms with van der Waals surface area (Å²) in [5.74, 6) is -2.03. The standard InChI is InChI=1S/C36H45N3O10/c1-20-15-25-30(39-36(45)48-19-24-12-8-7-9-13-24)27(40)18-26(32(25)42)38-34(43)21(2)11-10-14-28(46-5)33(49-35(37)44)23(4)17-22(3)31(41)29(16-20)47-6/h7-15,17-18,22,28-29,31,33,40-42H,16,19H2,1-6H3,(H2,37,44)(H,38,43)(H,39,45)/t22-,28-,29-,31+,33-/m0/s1. The minimum absolute atomic E-state index is 0.0218. The number of aliphatic hydroxyl groups excluding tert-OH is 1. The molecule has 0 spiro atoms. The van der Waals surface area contributed by atoms with Gasteiger partial charge in [-0.15, -0.1) is 0 Å². The molecule has 49 heavy (non-hydrogen) atoms. The molecule has 3 rings (SSSR count). The Morgan fingerprint density at radius 1 is 1.08 bits per heavy atom. The molecular formula is C36H45N3O10. The van der Waals surface area contributed by atoms with E-state index >= 15 is 0 Å². The van der Waals surface area contributed by atoms with Crippen LogP contribution in [-0.2, 0) is 30.3 Å². The quantitative estimate of drug-likeness (QED) is 0.128. The fourth-order valence-electron chi connectivity index (χ4n) is 5.27. The molecule has 2 bridgehead atoms. The molecule has 0 aromatic heterocycles. The van der Waals surface area contributed by atoms with Crippen LogP contribution in [0.3, 0.4) is 0 Å². The Hall–Kier alpha value is -5.11. The number of nitrogens with one attached hydrogen (secondary N) is 2. The molecule has 0 fully saturated rings. The lowest BCUT2D eigenvalue weighted by Gasteiger charge is -2.28. The van der Waals surface area contributed by atoms with Crippen LogP contribution in [0, 0.1) is 5.92 Å². The first kappa shape index (κ1) is 38.3. The van der Waals surface area contributed by atoms with Crippen molar-refractivity contribution in [1.29, 1.82) is 0 Å². The van der Waals surface area contributed by atoms with Gasteiger partial charge in [0, 0.05) is 37.3 Å². The van der Waals surface area contributed by atoms with Crippen molar-refractivity contribution in [3.05, 3.63) is 88.5 Å². The highest BCUT2D eigenvalue weighted by molar-refractivity contribution is 6.06. The van der Waals surface area contributed by atoms with Gasteiger partial charge in [-0.1, -0.05) is 67.1 Å². The van der Waals surface area contributed by atoms with Crippen molar-refractivity contribution in [3.8, 4) is 11.5 Å². The summed E-state index contributed by atoms with van der Waals surface area (Å²) in [5, 5.41) is 38.8. The highest BCUT2D eigenvalue weighted by Crippen LogP contribution is 2.42. The number of aliphatic hydroxyl groups is 1.